The Labute approximate surface area is 223 Å². The van der Waals surface area contributed by atoms with Crippen molar-refractivity contribution in [1.29, 1.82) is 0 Å². The van der Waals surface area contributed by atoms with Crippen molar-refractivity contribution in [3.8, 4) is 5.75 Å². The average molecular weight is 565 g/mol. The quantitative estimate of drug-likeness (QED) is 0.201. The van der Waals surface area contributed by atoms with Crippen molar-refractivity contribution >= 4 is 36.6 Å². The van der Waals surface area contributed by atoms with Crippen LogP contribution in [0.4, 0.5) is 0 Å². The molecule has 4 rings (SSSR count). The van der Waals surface area contributed by atoms with E-state index >= 15 is 0 Å². The number of hydrogen-bond acceptors (Lipinski definition) is 10. The van der Waals surface area contributed by atoms with Gasteiger partial charge in [-0.25, -0.2) is 4.57 Å². The molecular formula is C25H29N2O9PS. The molecule has 0 aliphatic carbocycles. The van der Waals surface area contributed by atoms with E-state index in [9.17, 15) is 24.4 Å². The van der Waals surface area contributed by atoms with Gasteiger partial charge >= 0.3 is 13.6 Å². The van der Waals surface area contributed by atoms with Crippen LogP contribution in [0.1, 0.15) is 20.1 Å². The molecular weight excluding hydrogens is 535 g/mol. The van der Waals surface area contributed by atoms with E-state index in [4.69, 9.17) is 30.7 Å². The van der Waals surface area contributed by atoms with Crippen LogP contribution in [0.25, 0.3) is 10.8 Å². The van der Waals surface area contributed by atoms with Gasteiger partial charge in [-0.15, -0.1) is 0 Å². The topological polar surface area (TPSA) is 149 Å². The summed E-state index contributed by atoms with van der Waals surface area (Å²) in [4.78, 5) is 26.1. The zero-order valence-electron chi connectivity index (χ0n) is 21.0. The SMILES string of the molecule is COC(=O)[C@H](C)C[P@@](=O)(OC[C@H]1O[C@@H](n2ccc(=O)[nH]c2=S)C(C)(O)[C@H]1O)Oc1cccc2ccccc12. The third-order valence-electron chi connectivity index (χ3n) is 6.38. The van der Waals surface area contributed by atoms with Crippen molar-refractivity contribution in [2.45, 2.75) is 37.9 Å². The number of ether oxygens (including phenoxy) is 2. The number of rotatable bonds is 9. The fourth-order valence-electron chi connectivity index (χ4n) is 4.33. The summed E-state index contributed by atoms with van der Waals surface area (Å²) < 4.78 is 37.6. The number of hydrogen-bond donors (Lipinski definition) is 3. The van der Waals surface area contributed by atoms with E-state index in [1.807, 2.05) is 24.3 Å². The molecule has 6 atom stereocenters. The number of aromatic amines is 1. The van der Waals surface area contributed by atoms with Crippen LogP contribution < -0.4 is 10.1 Å². The lowest BCUT2D eigenvalue weighted by Crippen LogP contribution is -2.44. The van der Waals surface area contributed by atoms with Crippen molar-refractivity contribution in [2.24, 2.45) is 5.92 Å². The first-order valence-electron chi connectivity index (χ1n) is 11.8. The Morgan fingerprint density at radius 1 is 1.26 bits per heavy atom. The Kier molecular flexibility index (Phi) is 8.22. The van der Waals surface area contributed by atoms with Crippen LogP contribution in [-0.4, -0.2) is 63.4 Å². The molecule has 0 radical (unpaired) electrons. The molecule has 3 N–H and O–H groups in total. The largest absolute Gasteiger partial charge is 0.469 e. The highest BCUT2D eigenvalue weighted by molar-refractivity contribution is 7.71. The number of nitrogens with one attached hydrogen (secondary N) is 1. The number of H-pyrrole nitrogens is 1. The van der Waals surface area contributed by atoms with Crippen LogP contribution in [0, 0.1) is 10.7 Å². The second-order valence-corrected chi connectivity index (χ2v) is 11.7. The molecule has 0 saturated carbocycles. The molecule has 2 aromatic carbocycles. The van der Waals surface area contributed by atoms with E-state index in [-0.39, 0.29) is 10.9 Å². The van der Waals surface area contributed by atoms with Gasteiger partial charge in [-0.3, -0.25) is 23.7 Å². The molecule has 1 unspecified atom stereocenters. The molecule has 2 heterocycles. The minimum atomic E-state index is -4.05. The molecule has 1 aliphatic rings. The van der Waals surface area contributed by atoms with Crippen LogP contribution in [0.15, 0.2) is 59.5 Å². The second kappa shape index (κ2) is 11.1. The number of fused-ring (bicyclic) bond motifs is 1. The number of benzene rings is 2. The van der Waals surface area contributed by atoms with Crippen molar-refractivity contribution in [2.75, 3.05) is 19.9 Å². The monoisotopic (exact) mass is 564 g/mol. The van der Waals surface area contributed by atoms with Crippen LogP contribution in [0.3, 0.4) is 0 Å². The van der Waals surface area contributed by atoms with Crippen LogP contribution in [-0.2, 0) is 23.4 Å². The normalized spacial score (nSPS) is 25.6. The second-order valence-electron chi connectivity index (χ2n) is 9.30. The molecule has 1 fully saturated rings. The summed E-state index contributed by atoms with van der Waals surface area (Å²) in [6, 6.07) is 13.8. The number of esters is 1. The first kappa shape index (κ1) is 28.2. The van der Waals surface area contributed by atoms with E-state index in [1.165, 1.54) is 37.8 Å². The van der Waals surface area contributed by atoms with Gasteiger partial charge in [0.05, 0.1) is 25.8 Å². The molecule has 204 valence electrons. The molecule has 13 heteroatoms. The van der Waals surface area contributed by atoms with Crippen molar-refractivity contribution in [3.63, 3.8) is 0 Å². The van der Waals surface area contributed by atoms with Gasteiger partial charge in [0.2, 0.25) is 0 Å². The van der Waals surface area contributed by atoms with E-state index in [2.05, 4.69) is 4.98 Å². The molecule has 1 saturated heterocycles. The third-order valence-corrected chi connectivity index (χ3v) is 8.71. The summed E-state index contributed by atoms with van der Waals surface area (Å²) >= 11 is 5.17. The number of aromatic nitrogens is 2. The number of aliphatic hydroxyl groups is 2. The summed E-state index contributed by atoms with van der Waals surface area (Å²) in [5.74, 6) is -1.13. The summed E-state index contributed by atoms with van der Waals surface area (Å²) in [5.41, 5.74) is -2.28. The average Bonchev–Trinajstić information content (AvgIpc) is 3.10. The summed E-state index contributed by atoms with van der Waals surface area (Å²) in [5, 5.41) is 23.4. The Morgan fingerprint density at radius 2 is 1.97 bits per heavy atom. The predicted octanol–water partition coefficient (Wildman–Crippen LogP) is 3.17. The van der Waals surface area contributed by atoms with Crippen molar-refractivity contribution < 1.29 is 38.1 Å². The molecule has 0 amide bonds. The summed E-state index contributed by atoms with van der Waals surface area (Å²) in [6.07, 6.45) is -2.78. The highest BCUT2D eigenvalue weighted by Crippen LogP contribution is 2.52. The molecule has 38 heavy (non-hydrogen) atoms. The minimum absolute atomic E-state index is 0.0200. The van der Waals surface area contributed by atoms with Crippen LogP contribution >= 0.6 is 19.8 Å². The lowest BCUT2D eigenvalue weighted by molar-refractivity contribution is -0.144. The van der Waals surface area contributed by atoms with Crippen LogP contribution in [0.5, 0.6) is 5.75 Å². The Bertz CT molecular complexity index is 1480. The van der Waals surface area contributed by atoms with Gasteiger partial charge in [-0.05, 0) is 30.6 Å². The standard InChI is InChI=1S/C25H29N2O9PS/c1-15(22(30)33-3)14-37(32,36-18-10-6-8-16-7-4-5-9-17(16)18)34-13-19-21(29)25(2,31)23(35-19)27-12-11-20(28)26-24(27)38/h4-12,15,19,21,23,29,31H,13-14H2,1-3H3,(H,26,28,38)/t15-,19-,21+,23-,25?,37-/m1/s1. The molecule has 11 nitrogen and oxygen atoms in total. The molecule has 3 aromatic rings. The van der Waals surface area contributed by atoms with Gasteiger partial charge in [0.15, 0.2) is 11.0 Å². The Morgan fingerprint density at radius 3 is 2.68 bits per heavy atom. The lowest BCUT2D eigenvalue weighted by Gasteiger charge is -2.28. The predicted molar refractivity (Wildman–Crippen MR) is 141 cm³/mol. The van der Waals surface area contributed by atoms with Gasteiger partial charge in [0, 0.05) is 17.6 Å². The molecule has 1 aliphatic heterocycles. The highest BCUT2D eigenvalue weighted by atomic mass is 32.1. The van der Waals surface area contributed by atoms with Gasteiger partial charge in [-0.1, -0.05) is 43.3 Å². The summed E-state index contributed by atoms with van der Waals surface area (Å²) in [7, 11) is -2.82. The van der Waals surface area contributed by atoms with E-state index in [0.29, 0.717) is 11.1 Å². The first-order valence-corrected chi connectivity index (χ1v) is 13.9. The Hall–Kier alpha value is -2.86. The zero-order chi connectivity index (χ0) is 27.7. The fourth-order valence-corrected chi connectivity index (χ4v) is 6.47. The third kappa shape index (κ3) is 5.75. The van der Waals surface area contributed by atoms with Gasteiger partial charge in [0.25, 0.3) is 5.56 Å². The van der Waals surface area contributed by atoms with Crippen molar-refractivity contribution in [3.05, 3.63) is 69.9 Å². The number of aliphatic hydroxyl groups excluding tert-OH is 1. The van der Waals surface area contributed by atoms with Crippen molar-refractivity contribution in [1.82, 2.24) is 9.55 Å². The zero-order valence-corrected chi connectivity index (χ0v) is 22.7. The number of carbonyl (C=O) groups is 1. The number of carbonyl (C=O) groups excluding carboxylic acids is 1. The number of nitrogens with zero attached hydrogens (tertiary/aromatic N) is 1. The highest BCUT2D eigenvalue weighted by Gasteiger charge is 2.53. The first-order chi connectivity index (χ1) is 17.9. The maximum Gasteiger partial charge on any atom is 0.380 e. The lowest BCUT2D eigenvalue weighted by atomic mass is 9.96. The fraction of sp³-hybridized carbons (Fsp3) is 0.400. The maximum atomic E-state index is 14.0. The smallest absolute Gasteiger partial charge is 0.380 e. The minimum Gasteiger partial charge on any atom is -0.469 e. The maximum absolute atomic E-state index is 14.0. The van der Waals surface area contributed by atoms with Gasteiger partial charge in [0.1, 0.15) is 23.6 Å². The molecule has 1 aromatic heterocycles. The van der Waals surface area contributed by atoms with Gasteiger partial charge < -0.3 is 24.2 Å². The number of methoxy groups -OCH3 is 1. The summed E-state index contributed by atoms with van der Waals surface area (Å²) in [6.45, 7) is 2.44. The van der Waals surface area contributed by atoms with E-state index < -0.39 is 55.7 Å². The Balaban J connectivity index is 1.60. The van der Waals surface area contributed by atoms with Gasteiger partial charge in [-0.2, -0.15) is 0 Å². The van der Waals surface area contributed by atoms with E-state index in [1.54, 1.807) is 18.2 Å². The van der Waals surface area contributed by atoms with E-state index in [0.717, 1.165) is 5.39 Å². The van der Waals surface area contributed by atoms with Crippen LogP contribution in [0.2, 0.25) is 0 Å². The molecule has 0 bridgehead atoms. The molecule has 0 spiro atoms.